The Morgan fingerprint density at radius 3 is 2.80 bits per heavy atom. The number of hydrogen-bond donors (Lipinski definition) is 1. The van der Waals surface area contributed by atoms with Crippen LogP contribution in [0, 0.1) is 6.92 Å². The first-order valence-corrected chi connectivity index (χ1v) is 8.40. The Bertz CT molecular complexity index is 776. The van der Waals surface area contributed by atoms with Gasteiger partial charge in [0, 0.05) is 35.9 Å². The first-order valence-electron chi connectivity index (χ1n) is 8.02. The first kappa shape index (κ1) is 17.5. The lowest BCUT2D eigenvalue weighted by Crippen LogP contribution is -2.36. The standard InChI is InChI=1S/C18H20ClN3O3/c1-12-9-15(16(24-2)11-14(12)19)21-18(23)13-3-4-20-17(10-13)22-5-7-25-8-6-22/h3-4,9-11H,5-8H2,1-2H3,(H,21,23). The van der Waals surface area contributed by atoms with Crippen LogP contribution >= 0.6 is 11.6 Å². The third-order valence-corrected chi connectivity index (χ3v) is 4.48. The Labute approximate surface area is 151 Å². The van der Waals surface area contributed by atoms with Crippen LogP contribution in [0.25, 0.3) is 0 Å². The average Bonchev–Trinajstić information content (AvgIpc) is 2.65. The second-order valence-electron chi connectivity index (χ2n) is 5.76. The van der Waals surface area contributed by atoms with E-state index < -0.39 is 0 Å². The van der Waals surface area contributed by atoms with Crippen LogP contribution in [0.3, 0.4) is 0 Å². The Hall–Kier alpha value is -2.31. The minimum absolute atomic E-state index is 0.225. The van der Waals surface area contributed by atoms with E-state index in [1.165, 1.54) is 0 Å². The summed E-state index contributed by atoms with van der Waals surface area (Å²) in [5.74, 6) is 1.07. The van der Waals surface area contributed by atoms with E-state index in [9.17, 15) is 4.79 Å². The number of carbonyl (C=O) groups is 1. The van der Waals surface area contributed by atoms with E-state index in [4.69, 9.17) is 21.1 Å². The van der Waals surface area contributed by atoms with Gasteiger partial charge in [-0.15, -0.1) is 0 Å². The zero-order valence-electron chi connectivity index (χ0n) is 14.2. The van der Waals surface area contributed by atoms with Gasteiger partial charge in [0.25, 0.3) is 5.91 Å². The van der Waals surface area contributed by atoms with E-state index >= 15 is 0 Å². The fraction of sp³-hybridized carbons (Fsp3) is 0.333. The minimum Gasteiger partial charge on any atom is -0.495 e. The van der Waals surface area contributed by atoms with Gasteiger partial charge in [-0.3, -0.25) is 4.79 Å². The van der Waals surface area contributed by atoms with E-state index in [-0.39, 0.29) is 5.91 Å². The van der Waals surface area contributed by atoms with Crippen molar-refractivity contribution in [2.75, 3.05) is 43.6 Å². The lowest BCUT2D eigenvalue weighted by Gasteiger charge is -2.27. The summed E-state index contributed by atoms with van der Waals surface area (Å²) in [6.07, 6.45) is 1.64. The number of anilines is 2. The Morgan fingerprint density at radius 2 is 2.08 bits per heavy atom. The maximum absolute atomic E-state index is 12.6. The molecule has 0 bridgehead atoms. The lowest BCUT2D eigenvalue weighted by molar-refractivity contribution is 0.102. The summed E-state index contributed by atoms with van der Waals surface area (Å²) in [7, 11) is 1.54. The molecule has 3 rings (SSSR count). The second kappa shape index (κ2) is 7.72. The molecule has 0 aliphatic carbocycles. The highest BCUT2D eigenvalue weighted by Gasteiger charge is 2.16. The van der Waals surface area contributed by atoms with Gasteiger partial charge in [-0.1, -0.05) is 11.6 Å². The van der Waals surface area contributed by atoms with Crippen molar-refractivity contribution in [2.24, 2.45) is 0 Å². The molecule has 1 fully saturated rings. The van der Waals surface area contributed by atoms with Crippen molar-refractivity contribution in [3.05, 3.63) is 46.6 Å². The molecule has 1 aromatic carbocycles. The fourth-order valence-electron chi connectivity index (χ4n) is 2.65. The highest BCUT2D eigenvalue weighted by molar-refractivity contribution is 6.31. The number of benzene rings is 1. The Kier molecular flexibility index (Phi) is 5.40. The van der Waals surface area contributed by atoms with Gasteiger partial charge < -0.3 is 19.7 Å². The SMILES string of the molecule is COc1cc(Cl)c(C)cc1NC(=O)c1ccnc(N2CCOCC2)c1. The molecule has 1 aliphatic heterocycles. The van der Waals surface area contributed by atoms with Gasteiger partial charge in [0.15, 0.2) is 0 Å². The number of methoxy groups -OCH3 is 1. The van der Waals surface area contributed by atoms with Crippen LogP contribution in [0.5, 0.6) is 5.75 Å². The topological polar surface area (TPSA) is 63.7 Å². The van der Waals surface area contributed by atoms with E-state index in [2.05, 4.69) is 15.2 Å². The smallest absolute Gasteiger partial charge is 0.255 e. The number of rotatable bonds is 4. The van der Waals surface area contributed by atoms with E-state index in [1.54, 1.807) is 37.6 Å². The summed E-state index contributed by atoms with van der Waals surface area (Å²) in [5, 5.41) is 3.47. The summed E-state index contributed by atoms with van der Waals surface area (Å²) < 4.78 is 10.7. The monoisotopic (exact) mass is 361 g/mol. The number of aryl methyl sites for hydroxylation is 1. The maximum atomic E-state index is 12.6. The summed E-state index contributed by atoms with van der Waals surface area (Å²) in [6.45, 7) is 4.74. The molecule has 1 aromatic heterocycles. The predicted octanol–water partition coefficient (Wildman–Crippen LogP) is 3.14. The number of amides is 1. The summed E-state index contributed by atoms with van der Waals surface area (Å²) in [6, 6.07) is 6.96. The molecule has 1 N–H and O–H groups in total. The number of morpholine rings is 1. The molecule has 0 atom stereocenters. The van der Waals surface area contributed by atoms with Crippen LogP contribution in [0.1, 0.15) is 15.9 Å². The van der Waals surface area contributed by atoms with Gasteiger partial charge in [-0.05, 0) is 30.7 Å². The number of carbonyl (C=O) groups excluding carboxylic acids is 1. The van der Waals surface area contributed by atoms with Crippen LogP contribution in [0.4, 0.5) is 11.5 Å². The number of halogens is 1. The molecule has 1 saturated heterocycles. The number of hydrogen-bond acceptors (Lipinski definition) is 5. The third kappa shape index (κ3) is 4.03. The van der Waals surface area contributed by atoms with Crippen molar-refractivity contribution in [1.29, 1.82) is 0 Å². The van der Waals surface area contributed by atoms with Gasteiger partial charge in [0.05, 0.1) is 26.0 Å². The number of aromatic nitrogens is 1. The summed E-state index contributed by atoms with van der Waals surface area (Å²) in [4.78, 5) is 19.1. The molecule has 2 aromatic rings. The van der Waals surface area contributed by atoms with Crippen LogP contribution in [0.2, 0.25) is 5.02 Å². The number of ether oxygens (including phenoxy) is 2. The van der Waals surface area contributed by atoms with Crippen LogP contribution in [0.15, 0.2) is 30.5 Å². The molecule has 1 amide bonds. The van der Waals surface area contributed by atoms with Gasteiger partial charge in [0.2, 0.25) is 0 Å². The molecule has 1 aliphatic rings. The zero-order chi connectivity index (χ0) is 17.8. The molecule has 0 unspecified atom stereocenters. The van der Waals surface area contributed by atoms with Crippen LogP contribution < -0.4 is 15.0 Å². The molecule has 25 heavy (non-hydrogen) atoms. The molecular formula is C18H20ClN3O3. The largest absolute Gasteiger partial charge is 0.495 e. The van der Waals surface area contributed by atoms with E-state index in [1.807, 2.05) is 6.92 Å². The Balaban J connectivity index is 1.81. The van der Waals surface area contributed by atoms with Crippen LogP contribution in [-0.4, -0.2) is 44.3 Å². The second-order valence-corrected chi connectivity index (χ2v) is 6.17. The van der Waals surface area contributed by atoms with Crippen LogP contribution in [-0.2, 0) is 4.74 Å². The summed E-state index contributed by atoms with van der Waals surface area (Å²) in [5.41, 5.74) is 1.98. The van der Waals surface area contributed by atoms with Gasteiger partial charge in [-0.25, -0.2) is 4.98 Å². The number of nitrogens with one attached hydrogen (secondary N) is 1. The Morgan fingerprint density at radius 1 is 1.32 bits per heavy atom. The molecule has 132 valence electrons. The van der Waals surface area contributed by atoms with Crippen molar-refractivity contribution in [2.45, 2.75) is 6.92 Å². The molecular weight excluding hydrogens is 342 g/mol. The number of pyridine rings is 1. The third-order valence-electron chi connectivity index (χ3n) is 4.07. The van der Waals surface area contributed by atoms with Crippen molar-refractivity contribution in [1.82, 2.24) is 4.98 Å². The molecule has 0 saturated carbocycles. The predicted molar refractivity (Wildman–Crippen MR) is 98.0 cm³/mol. The van der Waals surface area contributed by atoms with Gasteiger partial charge >= 0.3 is 0 Å². The fourth-order valence-corrected chi connectivity index (χ4v) is 2.80. The zero-order valence-corrected chi connectivity index (χ0v) is 15.0. The highest BCUT2D eigenvalue weighted by atomic mass is 35.5. The molecule has 6 nitrogen and oxygen atoms in total. The molecule has 7 heteroatoms. The average molecular weight is 362 g/mol. The van der Waals surface area contributed by atoms with Crippen molar-refractivity contribution < 1.29 is 14.3 Å². The normalized spacial score (nSPS) is 14.3. The van der Waals surface area contributed by atoms with Crippen molar-refractivity contribution in [3.8, 4) is 5.75 Å². The summed E-state index contributed by atoms with van der Waals surface area (Å²) >= 11 is 6.11. The highest BCUT2D eigenvalue weighted by Crippen LogP contribution is 2.31. The van der Waals surface area contributed by atoms with E-state index in [0.29, 0.717) is 35.2 Å². The van der Waals surface area contributed by atoms with Gasteiger partial charge in [0.1, 0.15) is 11.6 Å². The minimum atomic E-state index is -0.225. The van der Waals surface area contributed by atoms with E-state index in [0.717, 1.165) is 24.5 Å². The van der Waals surface area contributed by atoms with Crippen molar-refractivity contribution in [3.63, 3.8) is 0 Å². The number of nitrogens with zero attached hydrogens (tertiary/aromatic N) is 2. The van der Waals surface area contributed by atoms with Gasteiger partial charge in [-0.2, -0.15) is 0 Å². The lowest BCUT2D eigenvalue weighted by atomic mass is 10.2. The van der Waals surface area contributed by atoms with Crippen molar-refractivity contribution >= 4 is 29.0 Å². The molecule has 0 spiro atoms. The maximum Gasteiger partial charge on any atom is 0.255 e. The quantitative estimate of drug-likeness (QED) is 0.906. The molecule has 2 heterocycles. The first-order chi connectivity index (χ1) is 12.1. The molecule has 0 radical (unpaired) electrons.